The highest BCUT2D eigenvalue weighted by molar-refractivity contribution is 7.16. The standard InChI is InChI=1S/C24H21N3O4S/c1-30-24(29)31-27-13-12-18-19(14-25)23(32-20(18)15-27)26-22(28)21(16-8-4-2-5-9-16)17-10-6-3-7-11-17/h2-11,21H,12-13,15H2,1H3,(H,26,28). The van der Waals surface area contributed by atoms with Crippen LogP contribution in [0.4, 0.5) is 9.80 Å². The van der Waals surface area contributed by atoms with Gasteiger partial charge in [-0.15, -0.1) is 16.4 Å². The number of nitrogens with zero attached hydrogens (tertiary/aromatic N) is 2. The number of benzene rings is 2. The molecular formula is C24H21N3O4S. The van der Waals surface area contributed by atoms with E-state index in [2.05, 4.69) is 16.1 Å². The van der Waals surface area contributed by atoms with Gasteiger partial charge in [-0.3, -0.25) is 4.79 Å². The van der Waals surface area contributed by atoms with Crippen LogP contribution in [-0.2, 0) is 27.3 Å². The number of nitrogens with one attached hydrogen (secondary N) is 1. The highest BCUT2D eigenvalue weighted by Crippen LogP contribution is 2.38. The summed E-state index contributed by atoms with van der Waals surface area (Å²) in [6.45, 7) is 0.776. The number of fused-ring (bicyclic) bond motifs is 1. The maximum Gasteiger partial charge on any atom is 0.527 e. The van der Waals surface area contributed by atoms with E-state index in [1.165, 1.54) is 23.5 Å². The lowest BCUT2D eigenvalue weighted by atomic mass is 9.90. The molecule has 32 heavy (non-hydrogen) atoms. The number of carbonyl (C=O) groups excluding carboxylic acids is 2. The van der Waals surface area contributed by atoms with Gasteiger partial charge < -0.3 is 14.9 Å². The fraction of sp³-hybridized carbons (Fsp3) is 0.208. The van der Waals surface area contributed by atoms with Crippen molar-refractivity contribution in [2.45, 2.75) is 18.9 Å². The summed E-state index contributed by atoms with van der Waals surface area (Å²) in [5, 5.41) is 14.8. The molecule has 1 aliphatic heterocycles. The van der Waals surface area contributed by atoms with E-state index in [0.717, 1.165) is 21.6 Å². The Labute approximate surface area is 189 Å². The van der Waals surface area contributed by atoms with E-state index in [4.69, 9.17) is 4.84 Å². The van der Waals surface area contributed by atoms with E-state index in [1.54, 1.807) is 0 Å². The van der Waals surface area contributed by atoms with E-state index in [1.807, 2.05) is 60.7 Å². The Morgan fingerprint density at radius 2 is 1.72 bits per heavy atom. The van der Waals surface area contributed by atoms with E-state index < -0.39 is 12.1 Å². The number of carbonyl (C=O) groups is 2. The van der Waals surface area contributed by atoms with E-state index in [0.29, 0.717) is 30.1 Å². The maximum absolute atomic E-state index is 13.4. The normalized spacial score (nSPS) is 13.2. The molecule has 1 N–H and O–H groups in total. The third-order valence-electron chi connectivity index (χ3n) is 5.27. The number of hydroxylamine groups is 2. The van der Waals surface area contributed by atoms with Crippen molar-refractivity contribution in [1.82, 2.24) is 5.06 Å². The zero-order valence-electron chi connectivity index (χ0n) is 17.4. The number of hydrogen-bond acceptors (Lipinski definition) is 7. The fourth-order valence-corrected chi connectivity index (χ4v) is 4.98. The summed E-state index contributed by atoms with van der Waals surface area (Å²) in [5.41, 5.74) is 3.09. The topological polar surface area (TPSA) is 91.7 Å². The van der Waals surface area contributed by atoms with Crippen LogP contribution in [0.25, 0.3) is 0 Å². The second-order valence-electron chi connectivity index (χ2n) is 7.22. The third-order valence-corrected chi connectivity index (χ3v) is 6.40. The van der Waals surface area contributed by atoms with Crippen LogP contribution in [0.3, 0.4) is 0 Å². The molecule has 2 aromatic carbocycles. The highest BCUT2D eigenvalue weighted by Gasteiger charge is 2.29. The molecule has 0 fully saturated rings. The lowest BCUT2D eigenvalue weighted by Crippen LogP contribution is -2.32. The molecule has 0 spiro atoms. The molecule has 0 saturated carbocycles. The molecule has 0 saturated heterocycles. The van der Waals surface area contributed by atoms with Crippen molar-refractivity contribution in [3.8, 4) is 6.07 Å². The maximum atomic E-state index is 13.4. The molecule has 0 aliphatic carbocycles. The molecule has 8 heteroatoms. The fourth-order valence-electron chi connectivity index (χ4n) is 3.78. The van der Waals surface area contributed by atoms with Gasteiger partial charge in [0.15, 0.2) is 0 Å². The summed E-state index contributed by atoms with van der Waals surface area (Å²) in [6.07, 6.45) is -0.254. The van der Waals surface area contributed by atoms with Crippen molar-refractivity contribution >= 4 is 28.4 Å². The van der Waals surface area contributed by atoms with Gasteiger partial charge in [-0.2, -0.15) is 5.26 Å². The monoisotopic (exact) mass is 447 g/mol. The van der Waals surface area contributed by atoms with Crippen molar-refractivity contribution in [3.05, 3.63) is 87.8 Å². The van der Waals surface area contributed by atoms with Crippen molar-refractivity contribution in [2.24, 2.45) is 0 Å². The minimum absolute atomic E-state index is 0.208. The number of hydrogen-bond donors (Lipinski definition) is 1. The van der Waals surface area contributed by atoms with Crippen LogP contribution in [0.1, 0.15) is 33.0 Å². The molecule has 1 aromatic heterocycles. The molecular weight excluding hydrogens is 426 g/mol. The lowest BCUT2D eigenvalue weighted by molar-refractivity contribution is -0.133. The van der Waals surface area contributed by atoms with Gasteiger partial charge in [-0.25, -0.2) is 4.79 Å². The van der Waals surface area contributed by atoms with Gasteiger partial charge in [0, 0.05) is 11.4 Å². The SMILES string of the molecule is COC(=O)ON1CCc2c(sc(NC(=O)C(c3ccccc3)c3ccccc3)c2C#N)C1. The first-order valence-corrected chi connectivity index (χ1v) is 10.9. The molecule has 0 radical (unpaired) electrons. The number of anilines is 1. The third kappa shape index (κ3) is 4.49. The molecule has 1 aliphatic rings. The van der Waals surface area contributed by atoms with Gasteiger partial charge in [0.05, 0.1) is 25.1 Å². The van der Waals surface area contributed by atoms with E-state index in [9.17, 15) is 14.9 Å². The Morgan fingerprint density at radius 1 is 1.09 bits per heavy atom. The van der Waals surface area contributed by atoms with Crippen molar-refractivity contribution < 1.29 is 19.2 Å². The quantitative estimate of drug-likeness (QED) is 0.581. The van der Waals surface area contributed by atoms with Gasteiger partial charge in [0.25, 0.3) is 0 Å². The molecule has 0 unspecified atom stereocenters. The minimum atomic E-state index is -0.785. The van der Waals surface area contributed by atoms with Crippen molar-refractivity contribution in [3.63, 3.8) is 0 Å². The number of rotatable bonds is 5. The van der Waals surface area contributed by atoms with E-state index in [-0.39, 0.29) is 5.91 Å². The molecule has 162 valence electrons. The summed E-state index contributed by atoms with van der Waals surface area (Å²) in [4.78, 5) is 30.9. The largest absolute Gasteiger partial charge is 0.527 e. The molecule has 0 atom stereocenters. The van der Waals surface area contributed by atoms with Gasteiger partial charge in [-0.1, -0.05) is 60.7 Å². The molecule has 1 amide bonds. The van der Waals surface area contributed by atoms with Crippen LogP contribution in [-0.4, -0.2) is 30.8 Å². The van der Waals surface area contributed by atoms with Gasteiger partial charge in [0.1, 0.15) is 11.1 Å². The predicted molar refractivity (Wildman–Crippen MR) is 120 cm³/mol. The zero-order valence-corrected chi connectivity index (χ0v) is 18.2. The first-order valence-electron chi connectivity index (χ1n) is 10.1. The summed E-state index contributed by atoms with van der Waals surface area (Å²) in [5.74, 6) is -0.720. The van der Waals surface area contributed by atoms with Crippen LogP contribution >= 0.6 is 11.3 Å². The van der Waals surface area contributed by atoms with Crippen LogP contribution in [0, 0.1) is 11.3 Å². The Morgan fingerprint density at radius 3 is 2.28 bits per heavy atom. The Kier molecular flexibility index (Phi) is 6.50. The highest BCUT2D eigenvalue weighted by atomic mass is 32.1. The number of thiophene rings is 1. The number of ether oxygens (including phenoxy) is 1. The van der Waals surface area contributed by atoms with E-state index >= 15 is 0 Å². The summed E-state index contributed by atoms with van der Waals surface area (Å²) < 4.78 is 4.55. The smallest absolute Gasteiger partial charge is 0.436 e. The second kappa shape index (κ2) is 9.64. The Balaban J connectivity index is 1.61. The number of methoxy groups -OCH3 is 1. The Hall–Kier alpha value is -3.67. The Bertz CT molecular complexity index is 1120. The van der Waals surface area contributed by atoms with Gasteiger partial charge >= 0.3 is 6.16 Å². The van der Waals surface area contributed by atoms with Crippen LogP contribution < -0.4 is 5.32 Å². The second-order valence-corrected chi connectivity index (χ2v) is 8.33. The first kappa shape index (κ1) is 21.6. The molecule has 4 rings (SSSR count). The molecule has 0 bridgehead atoms. The zero-order chi connectivity index (χ0) is 22.5. The molecule has 3 aromatic rings. The molecule has 7 nitrogen and oxygen atoms in total. The van der Waals surface area contributed by atoms with Crippen LogP contribution in [0.5, 0.6) is 0 Å². The molecule has 2 heterocycles. The van der Waals surface area contributed by atoms with Crippen molar-refractivity contribution in [1.29, 1.82) is 5.26 Å². The number of nitriles is 1. The van der Waals surface area contributed by atoms with Gasteiger partial charge in [0.2, 0.25) is 5.91 Å². The van der Waals surface area contributed by atoms with Crippen LogP contribution in [0.2, 0.25) is 0 Å². The average Bonchev–Trinajstić information content (AvgIpc) is 3.16. The average molecular weight is 448 g/mol. The first-order chi connectivity index (χ1) is 15.6. The summed E-state index contributed by atoms with van der Waals surface area (Å²) in [6, 6.07) is 21.3. The number of amides is 1. The lowest BCUT2D eigenvalue weighted by Gasteiger charge is -2.24. The predicted octanol–water partition coefficient (Wildman–Crippen LogP) is 4.45. The summed E-state index contributed by atoms with van der Waals surface area (Å²) >= 11 is 1.33. The summed E-state index contributed by atoms with van der Waals surface area (Å²) in [7, 11) is 1.25. The van der Waals surface area contributed by atoms with Crippen LogP contribution in [0.15, 0.2) is 60.7 Å². The van der Waals surface area contributed by atoms with Crippen molar-refractivity contribution in [2.75, 3.05) is 19.0 Å². The van der Waals surface area contributed by atoms with Gasteiger partial charge in [-0.05, 0) is 23.1 Å². The minimum Gasteiger partial charge on any atom is -0.436 e.